The lowest BCUT2D eigenvalue weighted by Gasteiger charge is -2.22. The highest BCUT2D eigenvalue weighted by Crippen LogP contribution is 2.34. The van der Waals surface area contributed by atoms with Crippen LogP contribution >= 0.6 is 0 Å². The van der Waals surface area contributed by atoms with Gasteiger partial charge in [-0.05, 0) is 42.9 Å². The van der Waals surface area contributed by atoms with E-state index in [1.54, 1.807) is 12.1 Å². The van der Waals surface area contributed by atoms with E-state index in [1.807, 2.05) is 0 Å². The summed E-state index contributed by atoms with van der Waals surface area (Å²) in [6.45, 7) is 4.51. The molecule has 3 atom stereocenters. The molecule has 1 aliphatic carbocycles. The van der Waals surface area contributed by atoms with Crippen molar-refractivity contribution in [1.82, 2.24) is 4.31 Å². The van der Waals surface area contributed by atoms with Crippen LogP contribution in [0.5, 0.6) is 0 Å². The van der Waals surface area contributed by atoms with Gasteiger partial charge >= 0.3 is 0 Å². The average Bonchev–Trinajstić information content (AvgIpc) is 2.72. The third-order valence-corrected chi connectivity index (χ3v) is 6.42. The van der Waals surface area contributed by atoms with Gasteiger partial charge in [-0.1, -0.05) is 13.8 Å². The first kappa shape index (κ1) is 16.1. The summed E-state index contributed by atoms with van der Waals surface area (Å²) in [5.74, 6) is 1.30. The van der Waals surface area contributed by atoms with E-state index in [4.69, 9.17) is 5.73 Å². The van der Waals surface area contributed by atoms with Crippen LogP contribution in [0.3, 0.4) is 0 Å². The zero-order valence-corrected chi connectivity index (χ0v) is 13.9. The second-order valence-electron chi connectivity index (χ2n) is 6.20. The largest absolute Gasteiger partial charge is 0.397 e. The van der Waals surface area contributed by atoms with E-state index >= 15 is 0 Å². The fourth-order valence-electron chi connectivity index (χ4n) is 2.81. The van der Waals surface area contributed by atoms with Crippen LogP contribution in [0.15, 0.2) is 23.1 Å². The first-order valence-electron chi connectivity index (χ1n) is 7.32. The van der Waals surface area contributed by atoms with Gasteiger partial charge in [-0.15, -0.1) is 0 Å². The highest BCUT2D eigenvalue weighted by Gasteiger charge is 2.30. The molecule has 0 saturated heterocycles. The number of benzene rings is 1. The minimum absolute atomic E-state index is 0.225. The molecule has 0 spiro atoms. The Morgan fingerprint density at radius 3 is 2.38 bits per heavy atom. The zero-order valence-electron chi connectivity index (χ0n) is 13.1. The van der Waals surface area contributed by atoms with Crippen LogP contribution in [0, 0.1) is 11.8 Å². The predicted octanol–water partition coefficient (Wildman–Crippen LogP) is 2.37. The molecular formula is C15H25N3O2S. The van der Waals surface area contributed by atoms with Crippen LogP contribution in [-0.4, -0.2) is 32.9 Å². The normalized spacial score (nSPS) is 26.2. The van der Waals surface area contributed by atoms with Gasteiger partial charge in [0.05, 0.1) is 16.3 Å². The lowest BCUT2D eigenvalue weighted by molar-refractivity contribution is 0.435. The van der Waals surface area contributed by atoms with E-state index in [0.717, 1.165) is 12.1 Å². The molecule has 5 nitrogen and oxygen atoms in total. The number of anilines is 2. The Bertz CT molecular complexity index is 613. The van der Waals surface area contributed by atoms with Gasteiger partial charge in [-0.2, -0.15) is 0 Å². The molecule has 21 heavy (non-hydrogen) atoms. The van der Waals surface area contributed by atoms with Gasteiger partial charge < -0.3 is 11.1 Å². The molecule has 1 fully saturated rings. The van der Waals surface area contributed by atoms with Crippen LogP contribution in [0.2, 0.25) is 0 Å². The van der Waals surface area contributed by atoms with Crippen molar-refractivity contribution in [1.29, 1.82) is 0 Å². The maximum absolute atomic E-state index is 12.1. The van der Waals surface area contributed by atoms with Crippen molar-refractivity contribution < 1.29 is 8.42 Å². The summed E-state index contributed by atoms with van der Waals surface area (Å²) in [5, 5.41) is 3.46. The maximum Gasteiger partial charge on any atom is 0.242 e. The van der Waals surface area contributed by atoms with Crippen molar-refractivity contribution in [2.24, 2.45) is 11.8 Å². The zero-order chi connectivity index (χ0) is 15.8. The molecule has 0 bridgehead atoms. The van der Waals surface area contributed by atoms with E-state index in [9.17, 15) is 8.42 Å². The fraction of sp³-hybridized carbons (Fsp3) is 0.600. The van der Waals surface area contributed by atoms with Crippen LogP contribution in [0.1, 0.15) is 26.7 Å². The molecule has 3 N–H and O–H groups in total. The van der Waals surface area contributed by atoms with Gasteiger partial charge in [0.25, 0.3) is 0 Å². The Morgan fingerprint density at radius 1 is 1.24 bits per heavy atom. The summed E-state index contributed by atoms with van der Waals surface area (Å²) in [6.07, 6.45) is 2.34. The molecule has 1 aliphatic rings. The van der Waals surface area contributed by atoms with Gasteiger partial charge in [-0.3, -0.25) is 0 Å². The van der Waals surface area contributed by atoms with Crippen molar-refractivity contribution >= 4 is 21.4 Å². The summed E-state index contributed by atoms with van der Waals surface area (Å²) in [6, 6.07) is 5.30. The number of hydrogen-bond acceptors (Lipinski definition) is 4. The van der Waals surface area contributed by atoms with Crippen molar-refractivity contribution in [3.8, 4) is 0 Å². The lowest BCUT2D eigenvalue weighted by atomic mass is 9.97. The Hall–Kier alpha value is -1.27. The van der Waals surface area contributed by atoms with Gasteiger partial charge in [0, 0.05) is 20.1 Å². The SMILES string of the molecule is CC1CCC(Nc2ccc(S(=O)(=O)N(C)C)cc2N)C1C. The van der Waals surface area contributed by atoms with Gasteiger partial charge in [0.1, 0.15) is 0 Å². The molecule has 0 radical (unpaired) electrons. The highest BCUT2D eigenvalue weighted by molar-refractivity contribution is 7.89. The fourth-order valence-corrected chi connectivity index (χ4v) is 3.75. The number of nitrogen functional groups attached to an aromatic ring is 1. The topological polar surface area (TPSA) is 75.4 Å². The number of nitrogens with one attached hydrogen (secondary N) is 1. The molecule has 3 unspecified atom stereocenters. The smallest absolute Gasteiger partial charge is 0.242 e. The van der Waals surface area contributed by atoms with Gasteiger partial charge in [0.15, 0.2) is 0 Å². The molecule has 6 heteroatoms. The standard InChI is InChI=1S/C15H25N3O2S/c1-10-5-7-14(11(10)2)17-15-8-6-12(9-13(15)16)21(19,20)18(3)4/h6,8-11,14,17H,5,7,16H2,1-4H3. The molecule has 0 amide bonds. The molecule has 1 aromatic carbocycles. The van der Waals surface area contributed by atoms with Crippen molar-refractivity contribution in [2.45, 2.75) is 37.6 Å². The summed E-state index contributed by atoms with van der Waals surface area (Å²) >= 11 is 0. The third kappa shape index (κ3) is 3.16. The monoisotopic (exact) mass is 311 g/mol. The Morgan fingerprint density at radius 2 is 1.90 bits per heavy atom. The highest BCUT2D eigenvalue weighted by atomic mass is 32.2. The molecule has 118 valence electrons. The number of rotatable bonds is 4. The van der Waals surface area contributed by atoms with E-state index < -0.39 is 10.0 Å². The summed E-state index contributed by atoms with van der Waals surface area (Å²) in [4.78, 5) is 0.225. The van der Waals surface area contributed by atoms with E-state index in [-0.39, 0.29) is 4.90 Å². The maximum atomic E-state index is 12.1. The van der Waals surface area contributed by atoms with E-state index in [0.29, 0.717) is 23.6 Å². The molecule has 1 saturated carbocycles. The van der Waals surface area contributed by atoms with E-state index in [2.05, 4.69) is 19.2 Å². The number of hydrogen-bond donors (Lipinski definition) is 2. The van der Waals surface area contributed by atoms with Crippen molar-refractivity contribution in [3.05, 3.63) is 18.2 Å². The van der Waals surface area contributed by atoms with Gasteiger partial charge in [0.2, 0.25) is 10.0 Å². The predicted molar refractivity (Wildman–Crippen MR) is 86.7 cm³/mol. The van der Waals surface area contributed by atoms with Crippen LogP contribution in [0.4, 0.5) is 11.4 Å². The first-order chi connectivity index (χ1) is 9.73. The molecule has 0 aliphatic heterocycles. The number of nitrogens with zero attached hydrogens (tertiary/aromatic N) is 1. The Labute approximate surface area is 127 Å². The van der Waals surface area contributed by atoms with Crippen molar-refractivity contribution in [3.63, 3.8) is 0 Å². The second kappa shape index (κ2) is 5.85. The summed E-state index contributed by atoms with van der Waals surface area (Å²) < 4.78 is 25.4. The average molecular weight is 311 g/mol. The molecule has 2 rings (SSSR count). The van der Waals surface area contributed by atoms with Gasteiger partial charge in [-0.25, -0.2) is 12.7 Å². The van der Waals surface area contributed by atoms with Crippen LogP contribution in [0.25, 0.3) is 0 Å². The second-order valence-corrected chi connectivity index (χ2v) is 8.35. The molecular weight excluding hydrogens is 286 g/mol. The molecule has 0 aromatic heterocycles. The van der Waals surface area contributed by atoms with Crippen molar-refractivity contribution in [2.75, 3.05) is 25.1 Å². The Kier molecular flexibility index (Phi) is 4.49. The first-order valence-corrected chi connectivity index (χ1v) is 8.76. The lowest BCUT2D eigenvalue weighted by Crippen LogP contribution is -2.25. The van der Waals surface area contributed by atoms with Crippen LogP contribution in [-0.2, 0) is 10.0 Å². The molecule has 0 heterocycles. The number of sulfonamides is 1. The summed E-state index contributed by atoms with van der Waals surface area (Å²) in [5.41, 5.74) is 7.33. The number of nitrogens with two attached hydrogens (primary N) is 1. The summed E-state index contributed by atoms with van der Waals surface area (Å²) in [7, 11) is -0.411. The third-order valence-electron chi connectivity index (χ3n) is 4.61. The molecule has 1 aromatic rings. The quantitative estimate of drug-likeness (QED) is 0.837. The minimum atomic E-state index is -3.44. The van der Waals surface area contributed by atoms with E-state index in [1.165, 1.54) is 30.9 Å². The van der Waals surface area contributed by atoms with Crippen LogP contribution < -0.4 is 11.1 Å². The Balaban J connectivity index is 2.21. The minimum Gasteiger partial charge on any atom is -0.397 e.